The third kappa shape index (κ3) is 5.61. The summed E-state index contributed by atoms with van der Waals surface area (Å²) in [5.74, 6) is 1.77. The molecule has 0 aliphatic rings. The van der Waals surface area contributed by atoms with Crippen LogP contribution in [0.25, 0.3) is 0 Å². The van der Waals surface area contributed by atoms with Crippen LogP contribution in [0, 0.1) is 5.92 Å². The van der Waals surface area contributed by atoms with Gasteiger partial charge in [0.15, 0.2) is 5.82 Å². The summed E-state index contributed by atoms with van der Waals surface area (Å²) >= 11 is 0. The van der Waals surface area contributed by atoms with E-state index in [2.05, 4.69) is 66.1 Å². The van der Waals surface area contributed by atoms with Crippen LogP contribution in [0.4, 0.5) is 0 Å². The summed E-state index contributed by atoms with van der Waals surface area (Å²) in [5, 5.41) is 4.04. The largest absolute Gasteiger partial charge is 0.338 e. The van der Waals surface area contributed by atoms with Gasteiger partial charge in [0.05, 0.1) is 13.1 Å². The Bertz CT molecular complexity index is 559. The zero-order chi connectivity index (χ0) is 15.9. The van der Waals surface area contributed by atoms with Crippen molar-refractivity contribution in [3.63, 3.8) is 0 Å². The van der Waals surface area contributed by atoms with Crippen molar-refractivity contribution < 1.29 is 4.52 Å². The van der Waals surface area contributed by atoms with Crippen molar-refractivity contribution in [1.29, 1.82) is 0 Å². The minimum Gasteiger partial charge on any atom is -0.338 e. The normalized spacial score (nSPS) is 12.4. The fraction of sp³-hybridized carbons (Fsp3) is 0.529. The zero-order valence-electron chi connectivity index (χ0n) is 14.1. The summed E-state index contributed by atoms with van der Waals surface area (Å²) in [5.41, 5.74) is 6.87. The maximum Gasteiger partial charge on any atom is 0.240 e. The molecule has 0 spiro atoms. The van der Waals surface area contributed by atoms with E-state index in [9.17, 15) is 0 Å². The van der Waals surface area contributed by atoms with Crippen LogP contribution in [0.3, 0.4) is 0 Å². The lowest BCUT2D eigenvalue weighted by atomic mass is 10.0. The minimum absolute atomic E-state index is 0. The predicted molar refractivity (Wildman–Crippen MR) is 94.2 cm³/mol. The van der Waals surface area contributed by atoms with E-state index < -0.39 is 0 Å². The van der Waals surface area contributed by atoms with Gasteiger partial charge in [0.25, 0.3) is 0 Å². The fourth-order valence-corrected chi connectivity index (χ4v) is 2.77. The Morgan fingerprint density at radius 1 is 1.22 bits per heavy atom. The number of rotatable bonds is 8. The molecule has 6 heteroatoms. The van der Waals surface area contributed by atoms with Crippen LogP contribution in [0.5, 0.6) is 0 Å². The first kappa shape index (κ1) is 19.6. The molecule has 23 heavy (non-hydrogen) atoms. The maximum absolute atomic E-state index is 5.54. The Morgan fingerprint density at radius 3 is 2.43 bits per heavy atom. The molecule has 0 amide bonds. The van der Waals surface area contributed by atoms with Crippen molar-refractivity contribution in [2.24, 2.45) is 11.7 Å². The highest BCUT2D eigenvalue weighted by Gasteiger charge is 2.21. The molecule has 2 rings (SSSR count). The molecule has 1 unspecified atom stereocenters. The Balaban J connectivity index is 0.00000264. The fourth-order valence-electron chi connectivity index (χ4n) is 2.77. The average molecular weight is 339 g/mol. The second-order valence-corrected chi connectivity index (χ2v) is 5.97. The van der Waals surface area contributed by atoms with Gasteiger partial charge >= 0.3 is 0 Å². The summed E-state index contributed by atoms with van der Waals surface area (Å²) in [6, 6.07) is 10.9. The number of halogens is 1. The topological polar surface area (TPSA) is 68.2 Å². The van der Waals surface area contributed by atoms with Crippen molar-refractivity contribution in [2.75, 3.05) is 6.54 Å². The molecular weight excluding hydrogens is 312 g/mol. The molecule has 2 aromatic rings. The first-order valence-electron chi connectivity index (χ1n) is 7.94. The van der Waals surface area contributed by atoms with Gasteiger partial charge in [0, 0.05) is 12.6 Å². The van der Waals surface area contributed by atoms with E-state index in [1.807, 2.05) is 0 Å². The Labute approximate surface area is 144 Å². The molecule has 0 aliphatic heterocycles. The number of nitrogens with two attached hydrogens (primary N) is 1. The van der Waals surface area contributed by atoms with Crippen molar-refractivity contribution in [1.82, 2.24) is 15.0 Å². The third-order valence-electron chi connectivity index (χ3n) is 3.64. The smallest absolute Gasteiger partial charge is 0.240 e. The van der Waals surface area contributed by atoms with Crippen LogP contribution in [-0.2, 0) is 13.1 Å². The molecule has 1 heterocycles. The van der Waals surface area contributed by atoms with Gasteiger partial charge < -0.3 is 10.3 Å². The third-order valence-corrected chi connectivity index (χ3v) is 3.64. The lowest BCUT2D eigenvalue weighted by Crippen LogP contribution is -2.32. The van der Waals surface area contributed by atoms with Crippen LogP contribution >= 0.6 is 12.4 Å². The molecule has 0 aliphatic carbocycles. The first-order valence-corrected chi connectivity index (χ1v) is 7.94. The van der Waals surface area contributed by atoms with Crippen molar-refractivity contribution in [3.05, 3.63) is 47.6 Å². The summed E-state index contributed by atoms with van der Waals surface area (Å²) in [7, 11) is 0. The van der Waals surface area contributed by atoms with E-state index in [1.165, 1.54) is 5.56 Å². The Morgan fingerprint density at radius 2 is 1.91 bits per heavy atom. The molecule has 1 atom stereocenters. The number of nitrogens with zero attached hydrogens (tertiary/aromatic N) is 3. The molecule has 0 saturated heterocycles. The molecule has 0 bridgehead atoms. The van der Waals surface area contributed by atoms with Gasteiger partial charge in [-0.1, -0.05) is 56.3 Å². The highest BCUT2D eigenvalue weighted by Crippen LogP contribution is 2.26. The summed E-state index contributed by atoms with van der Waals surface area (Å²) in [6.45, 7) is 8.62. The van der Waals surface area contributed by atoms with Crippen LogP contribution < -0.4 is 5.73 Å². The first-order chi connectivity index (χ1) is 10.6. The van der Waals surface area contributed by atoms with Crippen LogP contribution in [0.2, 0.25) is 0 Å². The van der Waals surface area contributed by atoms with E-state index in [0.717, 1.165) is 13.0 Å². The SMILES string of the molecule is CCC(c1ccccc1)N(Cc1noc(CN)n1)CC(C)C.Cl. The highest BCUT2D eigenvalue weighted by atomic mass is 35.5. The van der Waals surface area contributed by atoms with Gasteiger partial charge in [-0.25, -0.2) is 0 Å². The standard InChI is InChI=1S/C17H26N4O.ClH/c1-4-15(14-8-6-5-7-9-14)21(11-13(2)3)12-16-19-17(10-18)22-20-16;/h5-9,13,15H,4,10-12,18H2,1-3H3;1H. The molecule has 2 N–H and O–H groups in total. The molecule has 128 valence electrons. The van der Waals surface area contributed by atoms with E-state index in [0.29, 0.717) is 30.2 Å². The molecule has 0 radical (unpaired) electrons. The lowest BCUT2D eigenvalue weighted by Gasteiger charge is -2.31. The summed E-state index contributed by atoms with van der Waals surface area (Å²) in [6.07, 6.45) is 1.04. The van der Waals surface area contributed by atoms with E-state index in [1.54, 1.807) is 0 Å². The molecule has 0 saturated carbocycles. The maximum atomic E-state index is 5.54. The number of hydrogen-bond donors (Lipinski definition) is 1. The second kappa shape index (κ2) is 9.65. The van der Waals surface area contributed by atoms with Crippen LogP contribution in [0.15, 0.2) is 34.9 Å². The molecule has 0 fully saturated rings. The number of aromatic nitrogens is 2. The van der Waals surface area contributed by atoms with Gasteiger partial charge in [-0.3, -0.25) is 4.90 Å². The zero-order valence-corrected chi connectivity index (χ0v) is 14.9. The molecule has 1 aromatic heterocycles. The molecule has 5 nitrogen and oxygen atoms in total. The van der Waals surface area contributed by atoms with E-state index >= 15 is 0 Å². The lowest BCUT2D eigenvalue weighted by molar-refractivity contribution is 0.156. The average Bonchev–Trinajstić information content (AvgIpc) is 2.96. The van der Waals surface area contributed by atoms with Crippen LogP contribution in [0.1, 0.15) is 50.5 Å². The number of hydrogen-bond acceptors (Lipinski definition) is 5. The minimum atomic E-state index is 0. The van der Waals surface area contributed by atoms with E-state index in [4.69, 9.17) is 10.3 Å². The Hall–Kier alpha value is -1.43. The van der Waals surface area contributed by atoms with Gasteiger partial charge in [0.1, 0.15) is 0 Å². The summed E-state index contributed by atoms with van der Waals surface area (Å²) < 4.78 is 5.13. The van der Waals surface area contributed by atoms with Crippen molar-refractivity contribution in [3.8, 4) is 0 Å². The summed E-state index contributed by atoms with van der Waals surface area (Å²) in [4.78, 5) is 6.76. The monoisotopic (exact) mass is 338 g/mol. The van der Waals surface area contributed by atoms with Crippen molar-refractivity contribution >= 4 is 12.4 Å². The Kier molecular flexibility index (Phi) is 8.23. The number of benzene rings is 1. The van der Waals surface area contributed by atoms with E-state index in [-0.39, 0.29) is 19.0 Å². The second-order valence-electron chi connectivity index (χ2n) is 5.97. The van der Waals surface area contributed by atoms with Crippen LogP contribution in [-0.4, -0.2) is 21.6 Å². The van der Waals surface area contributed by atoms with Crippen molar-refractivity contribution in [2.45, 2.75) is 46.3 Å². The van der Waals surface area contributed by atoms with Gasteiger partial charge in [-0.15, -0.1) is 12.4 Å². The van der Waals surface area contributed by atoms with Gasteiger partial charge in [-0.2, -0.15) is 4.98 Å². The van der Waals surface area contributed by atoms with Gasteiger partial charge in [0.2, 0.25) is 5.89 Å². The highest BCUT2D eigenvalue weighted by molar-refractivity contribution is 5.85. The predicted octanol–water partition coefficient (Wildman–Crippen LogP) is 3.56. The van der Waals surface area contributed by atoms with Gasteiger partial charge in [-0.05, 0) is 17.9 Å². The molecular formula is C17H27ClN4O. The molecule has 1 aromatic carbocycles. The quantitative estimate of drug-likeness (QED) is 0.797.